The lowest BCUT2D eigenvalue weighted by Crippen LogP contribution is -2.43. The number of hydrogen-bond acceptors (Lipinski definition) is 10. The molecule has 0 radical (unpaired) electrons. The Bertz CT molecular complexity index is 2200. The third-order valence-electron chi connectivity index (χ3n) is 11.5. The number of hydrogen-bond donors (Lipinski definition) is 4. The highest BCUT2D eigenvalue weighted by molar-refractivity contribution is 5.89. The summed E-state index contributed by atoms with van der Waals surface area (Å²) >= 11 is 0. The van der Waals surface area contributed by atoms with Crippen molar-refractivity contribution in [1.29, 1.82) is 0 Å². The van der Waals surface area contributed by atoms with Gasteiger partial charge in [0.25, 0.3) is 6.47 Å². The molecule has 58 heavy (non-hydrogen) atoms. The van der Waals surface area contributed by atoms with Crippen LogP contribution in [0.15, 0.2) is 66.9 Å². The number of ether oxygens (including phenoxy) is 1. The van der Waals surface area contributed by atoms with Gasteiger partial charge in [0.15, 0.2) is 5.65 Å². The van der Waals surface area contributed by atoms with Crippen LogP contribution in [-0.2, 0) is 16.8 Å². The molecule has 0 unspecified atom stereocenters. The standard InChI is InChI=1S/C42H54N10O3.CH2O2/c1-28-10-8-9-19-50(28)41-46-45-38-18-14-31(27-51(38)41)55-36-17-15-34(32-11-6-7-12-33(32)36)43-40(54)44-39-25-37(42(2,3)4)47-52(39)30-13-16-35(53)29(24-30)26-49-22-20-48(5)21-23-49;2-1-3/h6-7,11-14,16,18,24-25,27-28,34,36,53H,8-10,15,17,19-23,26H2,1-5H3,(H2,43,44,54);1H,(H,2,3)/t28-,34-,36+;/m0./s1. The maximum absolute atomic E-state index is 13.8. The molecule has 2 amide bonds. The maximum Gasteiger partial charge on any atom is 0.320 e. The van der Waals surface area contributed by atoms with Crippen LogP contribution in [0, 0.1) is 0 Å². The van der Waals surface area contributed by atoms with Crippen molar-refractivity contribution in [2.24, 2.45) is 0 Å². The Morgan fingerprint density at radius 1 is 0.948 bits per heavy atom. The van der Waals surface area contributed by atoms with Gasteiger partial charge in [-0.2, -0.15) is 5.10 Å². The third-order valence-corrected chi connectivity index (χ3v) is 11.5. The van der Waals surface area contributed by atoms with Gasteiger partial charge in [-0.3, -0.25) is 19.4 Å². The van der Waals surface area contributed by atoms with Gasteiger partial charge in [-0.15, -0.1) is 10.2 Å². The van der Waals surface area contributed by atoms with Crippen LogP contribution in [0.3, 0.4) is 0 Å². The minimum atomic E-state index is -0.310. The van der Waals surface area contributed by atoms with Gasteiger partial charge in [-0.25, -0.2) is 9.48 Å². The van der Waals surface area contributed by atoms with Crippen molar-refractivity contribution < 1.29 is 24.5 Å². The Balaban J connectivity index is 0.00000166. The number of pyridine rings is 1. The fraction of sp³-hybridized carbons (Fsp3) is 0.465. The summed E-state index contributed by atoms with van der Waals surface area (Å²) in [5.41, 5.74) is 5.11. The molecule has 0 spiro atoms. The Hall–Kier alpha value is -5.67. The molecular weight excluding hydrogens is 737 g/mol. The second-order valence-electron chi connectivity index (χ2n) is 16.7. The van der Waals surface area contributed by atoms with E-state index in [1.165, 1.54) is 6.42 Å². The number of carboxylic acid groups (broad SMARTS) is 1. The van der Waals surface area contributed by atoms with Gasteiger partial charge in [-0.05, 0) is 87.5 Å². The Kier molecular flexibility index (Phi) is 12.2. The maximum atomic E-state index is 13.8. The molecule has 308 valence electrons. The molecule has 8 rings (SSSR count). The van der Waals surface area contributed by atoms with Crippen molar-refractivity contribution in [2.45, 2.75) is 89.9 Å². The van der Waals surface area contributed by atoms with E-state index in [1.54, 1.807) is 10.7 Å². The van der Waals surface area contributed by atoms with E-state index in [2.05, 4.69) is 82.4 Å². The zero-order valence-electron chi connectivity index (χ0n) is 34.1. The van der Waals surface area contributed by atoms with Crippen molar-refractivity contribution in [3.8, 4) is 17.2 Å². The van der Waals surface area contributed by atoms with Crippen LogP contribution in [0.4, 0.5) is 16.6 Å². The minimum absolute atomic E-state index is 0.172. The van der Waals surface area contributed by atoms with E-state index in [0.29, 0.717) is 24.8 Å². The summed E-state index contributed by atoms with van der Waals surface area (Å²) < 4.78 is 10.5. The van der Waals surface area contributed by atoms with Gasteiger partial charge >= 0.3 is 6.03 Å². The van der Waals surface area contributed by atoms with Gasteiger partial charge in [0, 0.05) is 62.4 Å². The van der Waals surface area contributed by atoms with Crippen molar-refractivity contribution in [3.05, 3.63) is 89.2 Å². The lowest BCUT2D eigenvalue weighted by atomic mass is 9.85. The van der Waals surface area contributed by atoms with Crippen LogP contribution >= 0.6 is 0 Å². The van der Waals surface area contributed by atoms with E-state index in [0.717, 1.165) is 97.4 Å². The Morgan fingerprint density at radius 3 is 2.45 bits per heavy atom. The monoisotopic (exact) mass is 792 g/mol. The number of aromatic nitrogens is 5. The summed E-state index contributed by atoms with van der Waals surface area (Å²) in [6, 6.07) is 19.5. The van der Waals surface area contributed by atoms with E-state index < -0.39 is 0 Å². The summed E-state index contributed by atoms with van der Waals surface area (Å²) in [6.07, 6.45) is 6.81. The normalized spacial score (nSPS) is 20.2. The average molecular weight is 793 g/mol. The first-order valence-corrected chi connectivity index (χ1v) is 20.3. The van der Waals surface area contributed by atoms with Crippen molar-refractivity contribution >= 4 is 29.9 Å². The number of carbonyl (C=O) groups is 2. The number of amides is 2. The predicted octanol–water partition coefficient (Wildman–Crippen LogP) is 6.52. The molecule has 2 aromatic carbocycles. The highest BCUT2D eigenvalue weighted by Gasteiger charge is 2.31. The fourth-order valence-electron chi connectivity index (χ4n) is 8.13. The fourth-order valence-corrected chi connectivity index (χ4v) is 8.13. The average Bonchev–Trinajstić information content (AvgIpc) is 3.83. The first-order valence-electron chi connectivity index (χ1n) is 20.3. The third kappa shape index (κ3) is 9.05. The molecule has 2 aliphatic heterocycles. The number of fused-ring (bicyclic) bond motifs is 2. The first kappa shape index (κ1) is 40.5. The predicted molar refractivity (Wildman–Crippen MR) is 223 cm³/mol. The number of urea groups is 1. The number of piperidine rings is 1. The Labute approximate surface area is 339 Å². The summed E-state index contributed by atoms with van der Waals surface area (Å²) in [6.45, 7) is 13.8. The second-order valence-corrected chi connectivity index (χ2v) is 16.7. The molecule has 15 heteroatoms. The molecule has 3 aromatic heterocycles. The lowest BCUT2D eigenvalue weighted by Gasteiger charge is -2.33. The highest BCUT2D eigenvalue weighted by Crippen LogP contribution is 2.39. The molecular formula is C43H56N10O5. The lowest BCUT2D eigenvalue weighted by molar-refractivity contribution is -0.122. The molecule has 1 aliphatic carbocycles. The van der Waals surface area contributed by atoms with E-state index in [9.17, 15) is 9.90 Å². The van der Waals surface area contributed by atoms with Crippen LogP contribution in [0.5, 0.6) is 11.5 Å². The number of anilines is 2. The van der Waals surface area contributed by atoms with Gasteiger partial charge in [0.05, 0.1) is 23.6 Å². The van der Waals surface area contributed by atoms with E-state index in [1.807, 2.05) is 53.1 Å². The van der Waals surface area contributed by atoms with Crippen LogP contribution in [0.25, 0.3) is 11.3 Å². The highest BCUT2D eigenvalue weighted by atomic mass is 16.5. The van der Waals surface area contributed by atoms with Gasteiger partial charge in [0.2, 0.25) is 5.95 Å². The molecule has 5 heterocycles. The summed E-state index contributed by atoms with van der Waals surface area (Å²) in [7, 11) is 2.14. The molecule has 0 bridgehead atoms. The van der Waals surface area contributed by atoms with Gasteiger partial charge in [-0.1, -0.05) is 45.0 Å². The largest absolute Gasteiger partial charge is 0.508 e. The summed E-state index contributed by atoms with van der Waals surface area (Å²) in [5, 5.41) is 38.0. The Morgan fingerprint density at radius 2 is 1.71 bits per heavy atom. The molecule has 2 fully saturated rings. The molecule has 4 N–H and O–H groups in total. The van der Waals surface area contributed by atoms with Crippen molar-refractivity contribution in [1.82, 2.24) is 39.5 Å². The smallest absolute Gasteiger partial charge is 0.320 e. The van der Waals surface area contributed by atoms with Crippen LogP contribution in [-0.4, -0.2) is 103 Å². The molecule has 0 saturated carbocycles. The van der Waals surface area contributed by atoms with Gasteiger partial charge in [0.1, 0.15) is 23.4 Å². The van der Waals surface area contributed by atoms with Gasteiger partial charge < -0.3 is 30.1 Å². The number of phenolic OH excluding ortho intramolecular Hbond substituents is 1. The zero-order chi connectivity index (χ0) is 41.0. The number of aromatic hydroxyl groups is 1. The van der Waals surface area contributed by atoms with E-state index in [4.69, 9.17) is 19.7 Å². The number of nitrogens with zero attached hydrogens (tertiary/aromatic N) is 8. The zero-order valence-corrected chi connectivity index (χ0v) is 34.1. The molecule has 3 atom stereocenters. The number of carbonyl (C=O) groups excluding carboxylic acids is 1. The molecule has 15 nitrogen and oxygen atoms in total. The number of benzene rings is 2. The topological polar surface area (TPSA) is 166 Å². The SMILES string of the molecule is C[C@H]1CCCCN1c1nnc2ccc(O[C@@H]3CC[C@H](NC(=O)Nc4cc(C(C)(C)C)nn4-c4ccc(O)c(CN5CCN(C)CC5)c4)c4ccccc43)cn12.O=CO. The van der Waals surface area contributed by atoms with Crippen molar-refractivity contribution in [2.75, 3.05) is 50.0 Å². The number of piperazine rings is 1. The number of likely N-dealkylation sites (N-methyl/N-ethyl adjacent to an activating group) is 1. The molecule has 3 aliphatic rings. The summed E-state index contributed by atoms with van der Waals surface area (Å²) in [5.74, 6) is 2.43. The van der Waals surface area contributed by atoms with Crippen LogP contribution < -0.4 is 20.3 Å². The quantitative estimate of drug-likeness (QED) is 0.126. The van der Waals surface area contributed by atoms with Crippen LogP contribution in [0.1, 0.15) is 94.3 Å². The second kappa shape index (κ2) is 17.4. The van der Waals surface area contributed by atoms with E-state index in [-0.39, 0.29) is 35.8 Å². The van der Waals surface area contributed by atoms with Crippen molar-refractivity contribution in [3.63, 3.8) is 0 Å². The number of rotatable bonds is 8. The number of phenols is 1. The minimum Gasteiger partial charge on any atom is -0.508 e. The molecule has 2 saturated heterocycles. The number of nitrogens with one attached hydrogen (secondary N) is 2. The van der Waals surface area contributed by atoms with Crippen LogP contribution in [0.2, 0.25) is 0 Å². The molecule has 5 aromatic rings. The summed E-state index contributed by atoms with van der Waals surface area (Å²) in [4.78, 5) is 29.2. The first-order chi connectivity index (χ1) is 27.9. The van der Waals surface area contributed by atoms with E-state index >= 15 is 0 Å².